The van der Waals surface area contributed by atoms with E-state index in [0.29, 0.717) is 19.4 Å². The van der Waals surface area contributed by atoms with Gasteiger partial charge in [0.05, 0.1) is 10.5 Å². The molecule has 1 fully saturated rings. The minimum Gasteiger partial charge on any atom is -0.478 e. The lowest BCUT2D eigenvalue weighted by Gasteiger charge is -2.37. The monoisotopic (exact) mass is 281 g/mol. The molecule has 1 aliphatic heterocycles. The highest BCUT2D eigenvalue weighted by atomic mass is 16.6. The SMILES string of the molecule is CC1(O)CCCN(c2ncc([N+](=O)[O-])cc2C(=O)O)C1. The van der Waals surface area contributed by atoms with E-state index in [1.54, 1.807) is 11.8 Å². The van der Waals surface area contributed by atoms with E-state index in [9.17, 15) is 25.1 Å². The van der Waals surface area contributed by atoms with Gasteiger partial charge in [-0.25, -0.2) is 9.78 Å². The van der Waals surface area contributed by atoms with Gasteiger partial charge in [0.25, 0.3) is 5.69 Å². The van der Waals surface area contributed by atoms with Crippen molar-refractivity contribution in [1.82, 2.24) is 4.98 Å². The van der Waals surface area contributed by atoms with E-state index in [4.69, 9.17) is 0 Å². The Kier molecular flexibility index (Phi) is 3.58. The quantitative estimate of drug-likeness (QED) is 0.627. The van der Waals surface area contributed by atoms with Crippen molar-refractivity contribution in [2.75, 3.05) is 18.0 Å². The van der Waals surface area contributed by atoms with Gasteiger partial charge in [-0.05, 0) is 19.8 Å². The number of carboxylic acids is 1. The van der Waals surface area contributed by atoms with Crippen molar-refractivity contribution in [1.29, 1.82) is 0 Å². The standard InChI is InChI=1S/C12H15N3O5/c1-12(18)3-2-4-14(7-12)10-9(11(16)17)5-8(6-13-10)15(19)20/h5-6,18H,2-4,7H2,1H3,(H,16,17). The smallest absolute Gasteiger partial charge is 0.339 e. The first-order chi connectivity index (χ1) is 9.30. The summed E-state index contributed by atoms with van der Waals surface area (Å²) >= 11 is 0. The van der Waals surface area contributed by atoms with Crippen LogP contribution < -0.4 is 4.90 Å². The molecule has 1 saturated heterocycles. The van der Waals surface area contributed by atoms with E-state index in [1.165, 1.54) is 0 Å². The number of aromatic carboxylic acids is 1. The Morgan fingerprint density at radius 2 is 2.30 bits per heavy atom. The zero-order valence-corrected chi connectivity index (χ0v) is 10.9. The summed E-state index contributed by atoms with van der Waals surface area (Å²) in [7, 11) is 0. The molecule has 0 saturated carbocycles. The number of pyridine rings is 1. The van der Waals surface area contributed by atoms with Crippen molar-refractivity contribution >= 4 is 17.5 Å². The lowest BCUT2D eigenvalue weighted by molar-refractivity contribution is -0.385. The lowest BCUT2D eigenvalue weighted by atomic mass is 9.95. The molecule has 2 N–H and O–H groups in total. The van der Waals surface area contributed by atoms with Gasteiger partial charge >= 0.3 is 5.97 Å². The summed E-state index contributed by atoms with van der Waals surface area (Å²) in [5, 5.41) is 29.9. The number of piperidine rings is 1. The van der Waals surface area contributed by atoms with Gasteiger partial charge in [0.15, 0.2) is 0 Å². The fourth-order valence-electron chi connectivity index (χ4n) is 2.36. The number of carbonyl (C=O) groups is 1. The molecule has 0 aliphatic carbocycles. The third-order valence-corrected chi connectivity index (χ3v) is 3.27. The molecule has 0 bridgehead atoms. The van der Waals surface area contributed by atoms with Crippen molar-refractivity contribution < 1.29 is 19.9 Å². The van der Waals surface area contributed by atoms with Crippen LogP contribution in [0.1, 0.15) is 30.1 Å². The summed E-state index contributed by atoms with van der Waals surface area (Å²) in [5.41, 5.74) is -1.51. The van der Waals surface area contributed by atoms with Gasteiger partial charge in [-0.3, -0.25) is 10.1 Å². The third-order valence-electron chi connectivity index (χ3n) is 3.27. The number of nitro groups is 1. The highest BCUT2D eigenvalue weighted by Crippen LogP contribution is 2.28. The summed E-state index contributed by atoms with van der Waals surface area (Å²) in [6.45, 7) is 2.48. The normalized spacial score (nSPS) is 22.6. The molecular weight excluding hydrogens is 266 g/mol. The van der Waals surface area contributed by atoms with Gasteiger partial charge in [0.2, 0.25) is 0 Å². The lowest BCUT2D eigenvalue weighted by Crippen LogP contribution is -2.47. The molecule has 1 atom stereocenters. The number of hydrogen-bond donors (Lipinski definition) is 2. The largest absolute Gasteiger partial charge is 0.478 e. The maximum Gasteiger partial charge on any atom is 0.339 e. The molecule has 108 valence electrons. The van der Waals surface area contributed by atoms with Crippen LogP contribution in [0.15, 0.2) is 12.3 Å². The zero-order valence-electron chi connectivity index (χ0n) is 10.9. The Balaban J connectivity index is 2.40. The van der Waals surface area contributed by atoms with Gasteiger partial charge in [0, 0.05) is 19.2 Å². The molecule has 0 spiro atoms. The Labute approximate surface area is 114 Å². The fraction of sp³-hybridized carbons (Fsp3) is 0.500. The first-order valence-corrected chi connectivity index (χ1v) is 6.15. The van der Waals surface area contributed by atoms with E-state index in [1.807, 2.05) is 0 Å². The first-order valence-electron chi connectivity index (χ1n) is 6.15. The maximum absolute atomic E-state index is 11.2. The zero-order chi connectivity index (χ0) is 14.9. The molecule has 2 rings (SSSR count). The maximum atomic E-state index is 11.2. The molecule has 0 aromatic carbocycles. The van der Waals surface area contributed by atoms with E-state index in [-0.39, 0.29) is 23.6 Å². The number of carboxylic acid groups (broad SMARTS) is 1. The summed E-state index contributed by atoms with van der Waals surface area (Å²) < 4.78 is 0. The van der Waals surface area contributed by atoms with Crippen LogP contribution in [0.25, 0.3) is 0 Å². The van der Waals surface area contributed by atoms with Crippen molar-refractivity contribution in [3.63, 3.8) is 0 Å². The number of aliphatic hydroxyl groups is 1. The third kappa shape index (κ3) is 2.85. The highest BCUT2D eigenvalue weighted by molar-refractivity contribution is 5.94. The fourth-order valence-corrected chi connectivity index (χ4v) is 2.36. The Hall–Kier alpha value is -2.22. The molecule has 0 radical (unpaired) electrons. The van der Waals surface area contributed by atoms with Crippen LogP contribution in [-0.4, -0.2) is 44.8 Å². The van der Waals surface area contributed by atoms with Crippen molar-refractivity contribution in [3.8, 4) is 0 Å². The van der Waals surface area contributed by atoms with E-state index < -0.39 is 16.5 Å². The molecule has 2 heterocycles. The van der Waals surface area contributed by atoms with E-state index in [2.05, 4.69) is 4.98 Å². The van der Waals surface area contributed by atoms with Gasteiger partial charge in [-0.1, -0.05) is 0 Å². The number of nitrogens with zero attached hydrogens (tertiary/aromatic N) is 3. The Morgan fingerprint density at radius 1 is 1.60 bits per heavy atom. The van der Waals surface area contributed by atoms with Gasteiger partial charge in [-0.15, -0.1) is 0 Å². The number of anilines is 1. The highest BCUT2D eigenvalue weighted by Gasteiger charge is 2.31. The molecular formula is C12H15N3O5. The summed E-state index contributed by atoms with van der Waals surface area (Å²) in [5.74, 6) is -1.12. The summed E-state index contributed by atoms with van der Waals surface area (Å²) in [4.78, 5) is 26.8. The molecule has 1 aromatic heterocycles. The van der Waals surface area contributed by atoms with E-state index in [0.717, 1.165) is 12.3 Å². The van der Waals surface area contributed by atoms with Gasteiger partial charge in [-0.2, -0.15) is 0 Å². The van der Waals surface area contributed by atoms with Crippen molar-refractivity contribution in [3.05, 3.63) is 27.9 Å². The number of β-amino-alcohol motifs (C(OH)–C–C–N with tert-alkyl or cyclic N) is 1. The van der Waals surface area contributed by atoms with Crippen LogP contribution >= 0.6 is 0 Å². The summed E-state index contributed by atoms with van der Waals surface area (Å²) in [6, 6.07) is 0.994. The van der Waals surface area contributed by atoms with Crippen molar-refractivity contribution in [2.45, 2.75) is 25.4 Å². The molecule has 0 amide bonds. The minimum atomic E-state index is -1.28. The number of aromatic nitrogens is 1. The first kappa shape index (κ1) is 14.2. The molecule has 8 heteroatoms. The van der Waals surface area contributed by atoms with Crippen LogP contribution in [0.4, 0.5) is 11.5 Å². The van der Waals surface area contributed by atoms with Gasteiger partial charge < -0.3 is 15.1 Å². The van der Waals surface area contributed by atoms with Crippen molar-refractivity contribution in [2.24, 2.45) is 0 Å². The number of hydrogen-bond acceptors (Lipinski definition) is 6. The van der Waals surface area contributed by atoms with Crippen LogP contribution in [0.5, 0.6) is 0 Å². The van der Waals surface area contributed by atoms with Gasteiger partial charge in [0.1, 0.15) is 17.6 Å². The number of rotatable bonds is 3. The molecule has 8 nitrogen and oxygen atoms in total. The molecule has 1 unspecified atom stereocenters. The summed E-state index contributed by atoms with van der Waals surface area (Å²) in [6.07, 6.45) is 2.36. The second-order valence-electron chi connectivity index (χ2n) is 5.15. The van der Waals surface area contributed by atoms with Crippen LogP contribution in [0, 0.1) is 10.1 Å². The second kappa shape index (κ2) is 5.04. The van der Waals surface area contributed by atoms with E-state index >= 15 is 0 Å². The molecule has 1 aliphatic rings. The minimum absolute atomic E-state index is 0.156. The average Bonchev–Trinajstić information content (AvgIpc) is 2.36. The Morgan fingerprint density at radius 3 is 2.85 bits per heavy atom. The topological polar surface area (TPSA) is 117 Å². The Bertz CT molecular complexity index is 558. The predicted molar refractivity (Wildman–Crippen MR) is 69.9 cm³/mol. The van der Waals surface area contributed by atoms with Crippen LogP contribution in [0.2, 0.25) is 0 Å². The average molecular weight is 281 g/mol. The molecule has 1 aromatic rings. The molecule has 20 heavy (non-hydrogen) atoms. The predicted octanol–water partition coefficient (Wildman–Crippen LogP) is 1.04. The van der Waals surface area contributed by atoms with Crippen LogP contribution in [-0.2, 0) is 0 Å². The second-order valence-corrected chi connectivity index (χ2v) is 5.15. The van der Waals surface area contributed by atoms with Crippen LogP contribution in [0.3, 0.4) is 0 Å².